The van der Waals surface area contributed by atoms with Crippen molar-refractivity contribution in [1.29, 1.82) is 0 Å². The fourth-order valence-corrected chi connectivity index (χ4v) is 1.93. The molecule has 0 bridgehead atoms. The SMILES string of the molecule is NN1CCCCC1.c1ccc2ncccc2c1. The van der Waals surface area contributed by atoms with Crippen molar-refractivity contribution < 1.29 is 0 Å². The van der Waals surface area contributed by atoms with Crippen LogP contribution in [0.4, 0.5) is 0 Å². The molecule has 3 nitrogen and oxygen atoms in total. The lowest BCUT2D eigenvalue weighted by Gasteiger charge is -2.20. The molecule has 0 spiro atoms. The molecule has 17 heavy (non-hydrogen) atoms. The lowest BCUT2D eigenvalue weighted by Crippen LogP contribution is -2.35. The van der Waals surface area contributed by atoms with E-state index in [0.29, 0.717) is 0 Å². The lowest BCUT2D eigenvalue weighted by molar-refractivity contribution is 0.235. The minimum atomic E-state index is 1.06. The number of benzene rings is 1. The molecule has 0 amide bonds. The van der Waals surface area contributed by atoms with Crippen LogP contribution in [0.3, 0.4) is 0 Å². The average molecular weight is 229 g/mol. The van der Waals surface area contributed by atoms with Gasteiger partial charge in [-0.2, -0.15) is 0 Å². The van der Waals surface area contributed by atoms with Gasteiger partial charge in [-0.05, 0) is 25.0 Å². The third-order valence-corrected chi connectivity index (χ3v) is 2.90. The molecule has 1 aliphatic rings. The third kappa shape index (κ3) is 3.80. The molecule has 1 aliphatic heterocycles. The van der Waals surface area contributed by atoms with Gasteiger partial charge in [0.05, 0.1) is 5.52 Å². The van der Waals surface area contributed by atoms with Crippen LogP contribution in [-0.4, -0.2) is 23.1 Å². The number of nitrogens with two attached hydrogens (primary N) is 1. The maximum atomic E-state index is 5.47. The van der Waals surface area contributed by atoms with Crippen molar-refractivity contribution in [2.75, 3.05) is 13.1 Å². The number of nitrogens with zero attached hydrogens (tertiary/aromatic N) is 2. The van der Waals surface area contributed by atoms with Gasteiger partial charge in [-0.25, -0.2) is 5.01 Å². The van der Waals surface area contributed by atoms with Gasteiger partial charge < -0.3 is 0 Å². The second-order valence-corrected chi connectivity index (χ2v) is 4.29. The van der Waals surface area contributed by atoms with Crippen molar-refractivity contribution in [1.82, 2.24) is 9.99 Å². The molecule has 0 radical (unpaired) electrons. The molecule has 1 aromatic carbocycles. The smallest absolute Gasteiger partial charge is 0.0701 e. The summed E-state index contributed by atoms with van der Waals surface area (Å²) in [5.74, 6) is 5.47. The predicted molar refractivity (Wildman–Crippen MR) is 71.4 cm³/mol. The molecule has 0 aliphatic carbocycles. The van der Waals surface area contributed by atoms with Gasteiger partial charge in [0.1, 0.15) is 0 Å². The molecule has 1 fully saturated rings. The number of hydrogen-bond donors (Lipinski definition) is 1. The molecule has 0 atom stereocenters. The van der Waals surface area contributed by atoms with E-state index < -0.39 is 0 Å². The minimum absolute atomic E-state index is 1.06. The van der Waals surface area contributed by atoms with Crippen molar-refractivity contribution in [2.45, 2.75) is 19.3 Å². The standard InChI is InChI=1S/C9H7N.C5H12N2/c1-2-6-9-8(4-1)5-3-7-10-9;6-7-4-2-1-3-5-7/h1-7H;1-6H2. The first kappa shape index (κ1) is 12.0. The molecular formula is C14H19N3. The van der Waals surface area contributed by atoms with Gasteiger partial charge in [-0.15, -0.1) is 0 Å². The second kappa shape index (κ2) is 6.33. The fraction of sp³-hybridized carbons (Fsp3) is 0.357. The summed E-state index contributed by atoms with van der Waals surface area (Å²) in [6.45, 7) is 2.19. The summed E-state index contributed by atoms with van der Waals surface area (Å²) in [6.07, 6.45) is 5.75. The third-order valence-electron chi connectivity index (χ3n) is 2.90. The summed E-state index contributed by atoms with van der Waals surface area (Å²) in [7, 11) is 0. The minimum Gasteiger partial charge on any atom is -0.269 e. The van der Waals surface area contributed by atoms with Crippen molar-refractivity contribution in [3.05, 3.63) is 42.6 Å². The van der Waals surface area contributed by atoms with Crippen LogP contribution in [0.1, 0.15) is 19.3 Å². The molecule has 2 heterocycles. The van der Waals surface area contributed by atoms with Gasteiger partial charge in [0.15, 0.2) is 0 Å². The first-order valence-electron chi connectivity index (χ1n) is 6.16. The largest absolute Gasteiger partial charge is 0.269 e. The molecular weight excluding hydrogens is 210 g/mol. The van der Waals surface area contributed by atoms with Crippen LogP contribution >= 0.6 is 0 Å². The first-order valence-corrected chi connectivity index (χ1v) is 6.16. The Morgan fingerprint density at radius 1 is 0.941 bits per heavy atom. The summed E-state index contributed by atoms with van der Waals surface area (Å²) in [5, 5.41) is 3.09. The highest BCUT2D eigenvalue weighted by Gasteiger charge is 2.02. The Bertz CT molecular complexity index is 384. The number of piperidine rings is 1. The van der Waals surface area contributed by atoms with E-state index in [1.807, 2.05) is 35.5 Å². The first-order chi connectivity index (χ1) is 8.36. The van der Waals surface area contributed by atoms with Crippen molar-refractivity contribution in [3.8, 4) is 0 Å². The van der Waals surface area contributed by atoms with Gasteiger partial charge in [0.25, 0.3) is 0 Å². The number of aromatic nitrogens is 1. The Morgan fingerprint density at radius 2 is 1.65 bits per heavy atom. The van der Waals surface area contributed by atoms with E-state index in [1.54, 1.807) is 0 Å². The van der Waals surface area contributed by atoms with E-state index in [9.17, 15) is 0 Å². The van der Waals surface area contributed by atoms with Crippen LogP contribution in [0.5, 0.6) is 0 Å². The van der Waals surface area contributed by atoms with E-state index in [4.69, 9.17) is 5.84 Å². The molecule has 0 saturated carbocycles. The highest BCUT2D eigenvalue weighted by Crippen LogP contribution is 2.07. The number of para-hydroxylation sites is 1. The summed E-state index contributed by atoms with van der Waals surface area (Å²) in [6, 6.07) is 12.1. The number of hydrazine groups is 1. The van der Waals surface area contributed by atoms with Crippen LogP contribution in [-0.2, 0) is 0 Å². The Hall–Kier alpha value is -1.45. The summed E-state index contributed by atoms with van der Waals surface area (Å²) >= 11 is 0. The number of hydrogen-bond acceptors (Lipinski definition) is 3. The van der Waals surface area contributed by atoms with Crippen LogP contribution in [0, 0.1) is 0 Å². The zero-order valence-corrected chi connectivity index (χ0v) is 10.0. The van der Waals surface area contributed by atoms with E-state index in [1.165, 1.54) is 24.6 Å². The number of fused-ring (bicyclic) bond motifs is 1. The maximum absolute atomic E-state index is 5.47. The van der Waals surface area contributed by atoms with Gasteiger partial charge in [-0.3, -0.25) is 10.8 Å². The molecule has 1 aromatic heterocycles. The molecule has 3 rings (SSSR count). The number of pyridine rings is 1. The van der Waals surface area contributed by atoms with Crippen LogP contribution in [0.25, 0.3) is 10.9 Å². The zero-order chi connectivity index (χ0) is 11.9. The van der Waals surface area contributed by atoms with E-state index in [2.05, 4.69) is 17.1 Å². The summed E-state index contributed by atoms with van der Waals surface area (Å²) in [5.41, 5.74) is 1.06. The summed E-state index contributed by atoms with van der Waals surface area (Å²) in [4.78, 5) is 4.18. The Balaban J connectivity index is 0.000000136. The quantitative estimate of drug-likeness (QED) is 0.706. The molecule has 2 aromatic rings. The van der Waals surface area contributed by atoms with Crippen LogP contribution in [0.2, 0.25) is 0 Å². The normalized spacial score (nSPS) is 16.3. The second-order valence-electron chi connectivity index (χ2n) is 4.29. The molecule has 3 heteroatoms. The molecule has 0 unspecified atom stereocenters. The summed E-state index contributed by atoms with van der Waals surface area (Å²) < 4.78 is 0. The average Bonchev–Trinajstić information content (AvgIpc) is 2.41. The fourth-order valence-electron chi connectivity index (χ4n) is 1.93. The maximum Gasteiger partial charge on any atom is 0.0701 e. The Morgan fingerprint density at radius 3 is 2.29 bits per heavy atom. The Kier molecular flexibility index (Phi) is 4.47. The highest BCUT2D eigenvalue weighted by molar-refractivity contribution is 5.77. The lowest BCUT2D eigenvalue weighted by atomic mass is 10.2. The highest BCUT2D eigenvalue weighted by atomic mass is 15.4. The van der Waals surface area contributed by atoms with E-state index in [0.717, 1.165) is 18.6 Å². The number of rotatable bonds is 0. The van der Waals surface area contributed by atoms with Gasteiger partial charge in [0, 0.05) is 24.7 Å². The zero-order valence-electron chi connectivity index (χ0n) is 10.0. The van der Waals surface area contributed by atoms with Crippen molar-refractivity contribution in [3.63, 3.8) is 0 Å². The predicted octanol–water partition coefficient (Wildman–Crippen LogP) is 2.58. The van der Waals surface area contributed by atoms with E-state index in [-0.39, 0.29) is 0 Å². The van der Waals surface area contributed by atoms with Gasteiger partial charge in [-0.1, -0.05) is 30.7 Å². The van der Waals surface area contributed by atoms with Crippen molar-refractivity contribution >= 4 is 10.9 Å². The molecule has 1 saturated heterocycles. The van der Waals surface area contributed by atoms with Gasteiger partial charge >= 0.3 is 0 Å². The van der Waals surface area contributed by atoms with Crippen LogP contribution in [0.15, 0.2) is 42.6 Å². The topological polar surface area (TPSA) is 42.1 Å². The molecule has 90 valence electrons. The Labute approximate surface area is 102 Å². The molecule has 2 N–H and O–H groups in total. The monoisotopic (exact) mass is 229 g/mol. The van der Waals surface area contributed by atoms with E-state index >= 15 is 0 Å². The van der Waals surface area contributed by atoms with Crippen molar-refractivity contribution in [2.24, 2.45) is 5.84 Å². The van der Waals surface area contributed by atoms with Gasteiger partial charge in [0.2, 0.25) is 0 Å². The van der Waals surface area contributed by atoms with Crippen LogP contribution < -0.4 is 5.84 Å².